The normalized spacial score (nSPS) is 16.8. The van der Waals surface area contributed by atoms with Crippen LogP contribution >= 0.6 is 0 Å². The highest BCUT2D eigenvalue weighted by Crippen LogP contribution is 2.38. The molecule has 0 atom stereocenters. The van der Waals surface area contributed by atoms with Gasteiger partial charge in [-0.1, -0.05) is 18.1 Å². The monoisotopic (exact) mass is 398 g/mol. The first kappa shape index (κ1) is 19.4. The zero-order chi connectivity index (χ0) is 21.0. The fraction of sp³-hybridized carbons (Fsp3) is 0.250. The minimum atomic E-state index is -1.08. The number of pyridine rings is 1. The van der Waals surface area contributed by atoms with Crippen LogP contribution in [0.25, 0.3) is 0 Å². The van der Waals surface area contributed by atoms with Gasteiger partial charge in [0.1, 0.15) is 11.3 Å². The number of nitrogens with zero attached hydrogens (tertiary/aromatic N) is 2. The molecule has 148 valence electrons. The first-order chi connectivity index (χ1) is 14.6. The van der Waals surface area contributed by atoms with Crippen LogP contribution in [0.3, 0.4) is 0 Å². The van der Waals surface area contributed by atoms with Crippen LogP contribution in [0, 0.1) is 23.2 Å². The molecule has 0 unspecified atom stereocenters. The van der Waals surface area contributed by atoms with Crippen molar-refractivity contribution in [2.24, 2.45) is 0 Å². The summed E-state index contributed by atoms with van der Waals surface area (Å²) in [6, 6.07) is 12.7. The van der Waals surface area contributed by atoms with Crippen LogP contribution in [0.4, 0.5) is 0 Å². The molecule has 0 bridgehead atoms. The highest BCUT2D eigenvalue weighted by molar-refractivity contribution is 6.15. The molecule has 6 heteroatoms. The molecule has 2 aliphatic rings. The summed E-state index contributed by atoms with van der Waals surface area (Å²) in [5.74, 6) is 3.56. The molecule has 1 aliphatic carbocycles. The van der Waals surface area contributed by atoms with Gasteiger partial charge in [-0.25, -0.2) is 14.6 Å². The predicted octanol–water partition coefficient (Wildman–Crippen LogP) is 3.19. The molecule has 1 spiro atoms. The number of nitriles is 1. The van der Waals surface area contributed by atoms with Crippen molar-refractivity contribution in [3.05, 3.63) is 76.6 Å². The number of rotatable bonds is 2. The molecule has 2 heterocycles. The van der Waals surface area contributed by atoms with Gasteiger partial charge in [0, 0.05) is 24.6 Å². The van der Waals surface area contributed by atoms with Crippen molar-refractivity contribution >= 4 is 11.9 Å². The molecular weight excluding hydrogens is 380 g/mol. The lowest BCUT2D eigenvalue weighted by molar-refractivity contribution is -0.232. The number of ether oxygens (including phenoxy) is 2. The van der Waals surface area contributed by atoms with Crippen LogP contribution in [-0.2, 0) is 25.5 Å². The summed E-state index contributed by atoms with van der Waals surface area (Å²) < 4.78 is 10.9. The van der Waals surface area contributed by atoms with Crippen molar-refractivity contribution in [3.63, 3.8) is 0 Å². The van der Waals surface area contributed by atoms with Crippen LogP contribution in [0.1, 0.15) is 48.1 Å². The molecule has 1 saturated heterocycles. The first-order valence-electron chi connectivity index (χ1n) is 9.71. The van der Waals surface area contributed by atoms with E-state index in [2.05, 4.69) is 22.9 Å². The van der Waals surface area contributed by atoms with Crippen molar-refractivity contribution < 1.29 is 19.1 Å². The third-order valence-corrected chi connectivity index (χ3v) is 5.03. The van der Waals surface area contributed by atoms with E-state index in [1.165, 1.54) is 6.08 Å². The maximum Gasteiger partial charge on any atom is 0.348 e. The zero-order valence-electron chi connectivity index (χ0n) is 16.2. The van der Waals surface area contributed by atoms with Gasteiger partial charge in [0.25, 0.3) is 5.79 Å². The Morgan fingerprint density at radius 3 is 2.43 bits per heavy atom. The van der Waals surface area contributed by atoms with E-state index in [-0.39, 0.29) is 12.0 Å². The van der Waals surface area contributed by atoms with Crippen LogP contribution in [0.5, 0.6) is 0 Å². The molecule has 4 rings (SSSR count). The van der Waals surface area contributed by atoms with Gasteiger partial charge in [-0.2, -0.15) is 5.26 Å². The minimum absolute atomic E-state index is 0.115. The van der Waals surface area contributed by atoms with Gasteiger partial charge in [-0.15, -0.1) is 0 Å². The van der Waals surface area contributed by atoms with Gasteiger partial charge in [-0.05, 0) is 61.1 Å². The number of carbonyl (C=O) groups excluding carboxylic acids is 2. The van der Waals surface area contributed by atoms with Gasteiger partial charge in [-0.3, -0.25) is 0 Å². The van der Waals surface area contributed by atoms with Crippen LogP contribution < -0.4 is 0 Å². The summed E-state index contributed by atoms with van der Waals surface area (Å²) in [5.41, 5.74) is 2.34. The summed E-state index contributed by atoms with van der Waals surface area (Å²) in [7, 11) is 0. The average molecular weight is 398 g/mol. The molecule has 1 aliphatic heterocycles. The zero-order valence-corrected chi connectivity index (χ0v) is 16.2. The number of esters is 2. The molecule has 2 aromatic rings. The number of aromatic nitrogens is 1. The standard InChI is InChI=1S/C24H18N2O4/c25-16-19-14-17(6-8-20-5-1-4-12-26-20)13-18(15-19)7-9-21-22(27)29-24(30-23(21)28)10-2-3-11-24/h1,4-5,9,12-15H,2-3,7,10-11H2. The van der Waals surface area contributed by atoms with E-state index in [0.717, 1.165) is 18.4 Å². The van der Waals surface area contributed by atoms with Gasteiger partial charge in [0.2, 0.25) is 0 Å². The second kappa shape index (κ2) is 8.23. The Morgan fingerprint density at radius 2 is 1.77 bits per heavy atom. The largest absolute Gasteiger partial charge is 0.419 e. The third kappa shape index (κ3) is 4.24. The highest BCUT2D eigenvalue weighted by atomic mass is 16.7. The lowest BCUT2D eigenvalue weighted by atomic mass is 10.0. The van der Waals surface area contributed by atoms with E-state index in [1.54, 1.807) is 24.4 Å². The Morgan fingerprint density at radius 1 is 1.03 bits per heavy atom. The highest BCUT2D eigenvalue weighted by Gasteiger charge is 2.47. The fourth-order valence-electron chi connectivity index (χ4n) is 3.58. The first-order valence-corrected chi connectivity index (χ1v) is 9.71. The molecule has 1 saturated carbocycles. The topological polar surface area (TPSA) is 89.3 Å². The SMILES string of the molecule is N#Cc1cc(C#Cc2ccccn2)cc(CC=C2C(=O)OC3(CCCC3)OC2=O)c1. The molecular formula is C24H18N2O4. The molecule has 1 aromatic carbocycles. The van der Waals surface area contributed by atoms with Crippen molar-refractivity contribution in [2.45, 2.75) is 37.9 Å². The maximum absolute atomic E-state index is 12.4. The summed E-state index contributed by atoms with van der Waals surface area (Å²) in [6.45, 7) is 0. The van der Waals surface area contributed by atoms with Crippen molar-refractivity contribution in [1.82, 2.24) is 4.98 Å². The molecule has 1 aromatic heterocycles. The Labute approximate surface area is 174 Å². The smallest absolute Gasteiger partial charge is 0.348 e. The van der Waals surface area contributed by atoms with Gasteiger partial charge in [0.15, 0.2) is 0 Å². The molecule has 30 heavy (non-hydrogen) atoms. The summed E-state index contributed by atoms with van der Waals surface area (Å²) >= 11 is 0. The summed E-state index contributed by atoms with van der Waals surface area (Å²) in [6.07, 6.45) is 6.22. The lowest BCUT2D eigenvalue weighted by Crippen LogP contribution is -2.44. The second-order valence-electron chi connectivity index (χ2n) is 7.21. The predicted molar refractivity (Wildman–Crippen MR) is 107 cm³/mol. The van der Waals surface area contributed by atoms with E-state index < -0.39 is 17.7 Å². The number of hydrogen-bond acceptors (Lipinski definition) is 6. The fourth-order valence-corrected chi connectivity index (χ4v) is 3.58. The van der Waals surface area contributed by atoms with Gasteiger partial charge in [0.05, 0.1) is 11.6 Å². The van der Waals surface area contributed by atoms with Crippen molar-refractivity contribution in [2.75, 3.05) is 0 Å². The molecule has 2 fully saturated rings. The third-order valence-electron chi connectivity index (χ3n) is 5.03. The van der Waals surface area contributed by atoms with Crippen molar-refractivity contribution in [1.29, 1.82) is 5.26 Å². The molecule has 6 nitrogen and oxygen atoms in total. The number of benzene rings is 1. The second-order valence-corrected chi connectivity index (χ2v) is 7.21. The van der Waals surface area contributed by atoms with Gasteiger partial charge >= 0.3 is 11.9 Å². The Hall–Kier alpha value is -3.90. The van der Waals surface area contributed by atoms with Crippen LogP contribution in [0.15, 0.2) is 54.2 Å². The molecule has 0 N–H and O–H groups in total. The molecule has 0 amide bonds. The average Bonchev–Trinajstić information content (AvgIpc) is 3.19. The van der Waals surface area contributed by atoms with E-state index in [1.807, 2.05) is 18.2 Å². The number of hydrogen-bond donors (Lipinski definition) is 0. The quantitative estimate of drug-likeness (QED) is 0.334. The molecule has 0 radical (unpaired) electrons. The Kier molecular flexibility index (Phi) is 5.32. The van der Waals surface area contributed by atoms with Crippen molar-refractivity contribution in [3.8, 4) is 17.9 Å². The van der Waals surface area contributed by atoms with E-state index in [0.29, 0.717) is 29.7 Å². The van der Waals surface area contributed by atoms with E-state index in [9.17, 15) is 14.9 Å². The Balaban J connectivity index is 1.55. The van der Waals surface area contributed by atoms with Gasteiger partial charge < -0.3 is 9.47 Å². The van der Waals surface area contributed by atoms with E-state index >= 15 is 0 Å². The minimum Gasteiger partial charge on any atom is -0.419 e. The lowest BCUT2D eigenvalue weighted by Gasteiger charge is -2.32. The number of allylic oxidation sites excluding steroid dienone is 1. The van der Waals surface area contributed by atoms with Crippen LogP contribution in [-0.4, -0.2) is 22.7 Å². The number of carbonyl (C=O) groups is 2. The van der Waals surface area contributed by atoms with E-state index in [4.69, 9.17) is 9.47 Å². The Bertz CT molecular complexity index is 1110. The maximum atomic E-state index is 12.4. The van der Waals surface area contributed by atoms with Crippen LogP contribution in [0.2, 0.25) is 0 Å². The summed E-state index contributed by atoms with van der Waals surface area (Å²) in [4.78, 5) is 28.9. The summed E-state index contributed by atoms with van der Waals surface area (Å²) in [5, 5.41) is 9.32.